The van der Waals surface area contributed by atoms with Gasteiger partial charge < -0.3 is 10.0 Å². The fourth-order valence-corrected chi connectivity index (χ4v) is 2.21. The van der Waals surface area contributed by atoms with Crippen LogP contribution in [0.5, 0.6) is 0 Å². The Morgan fingerprint density at radius 2 is 2.38 bits per heavy atom. The van der Waals surface area contributed by atoms with Crippen LogP contribution in [0.3, 0.4) is 0 Å². The van der Waals surface area contributed by atoms with Crippen molar-refractivity contribution in [2.24, 2.45) is 5.92 Å². The molecule has 1 aliphatic heterocycles. The molecule has 0 spiro atoms. The molecule has 0 aliphatic carbocycles. The van der Waals surface area contributed by atoms with E-state index in [0.717, 1.165) is 30.4 Å². The Bertz CT molecular complexity index is 334. The molecular formula is C13H20N2O. The van der Waals surface area contributed by atoms with Crippen molar-refractivity contribution in [3.63, 3.8) is 0 Å². The Balaban J connectivity index is 2.05. The zero-order valence-electron chi connectivity index (χ0n) is 10.1. The molecule has 1 aromatic heterocycles. The maximum absolute atomic E-state index is 9.41. The lowest BCUT2D eigenvalue weighted by Crippen LogP contribution is -2.20. The van der Waals surface area contributed by atoms with Crippen LogP contribution in [0.1, 0.15) is 38.4 Å². The molecule has 1 unspecified atom stereocenters. The van der Waals surface area contributed by atoms with Gasteiger partial charge in [-0.2, -0.15) is 0 Å². The highest BCUT2D eigenvalue weighted by Gasteiger charge is 2.21. The number of anilines is 1. The Labute approximate surface area is 97.1 Å². The van der Waals surface area contributed by atoms with Crippen LogP contribution in [-0.2, 0) is 0 Å². The quantitative estimate of drug-likeness (QED) is 0.849. The Morgan fingerprint density at radius 3 is 2.88 bits per heavy atom. The first-order valence-corrected chi connectivity index (χ1v) is 6.09. The molecule has 1 N–H and O–H groups in total. The van der Waals surface area contributed by atoms with Crippen LogP contribution >= 0.6 is 0 Å². The molecule has 0 saturated carbocycles. The fraction of sp³-hybridized carbons (Fsp3) is 0.615. The fourth-order valence-electron chi connectivity index (χ4n) is 2.21. The minimum atomic E-state index is -0.427. The smallest absolute Gasteiger partial charge is 0.128 e. The topological polar surface area (TPSA) is 36.4 Å². The molecule has 1 saturated heterocycles. The molecule has 1 aromatic rings. The summed E-state index contributed by atoms with van der Waals surface area (Å²) in [7, 11) is 0. The summed E-state index contributed by atoms with van der Waals surface area (Å²) >= 11 is 0. The molecule has 1 aliphatic rings. The minimum Gasteiger partial charge on any atom is -0.389 e. The second-order valence-electron chi connectivity index (χ2n) is 4.63. The van der Waals surface area contributed by atoms with Gasteiger partial charge in [-0.25, -0.2) is 4.98 Å². The predicted octanol–water partition coefficient (Wildman–Crippen LogP) is 2.37. The zero-order chi connectivity index (χ0) is 11.5. The number of aromatic nitrogens is 1. The minimum absolute atomic E-state index is 0.427. The van der Waals surface area contributed by atoms with E-state index in [9.17, 15) is 5.11 Å². The number of hydrogen-bond donors (Lipinski definition) is 1. The second-order valence-corrected chi connectivity index (χ2v) is 4.63. The van der Waals surface area contributed by atoms with Gasteiger partial charge in [0.1, 0.15) is 5.82 Å². The summed E-state index contributed by atoms with van der Waals surface area (Å²) in [6.07, 6.45) is 3.88. The van der Waals surface area contributed by atoms with Crippen molar-refractivity contribution in [2.75, 3.05) is 18.0 Å². The largest absolute Gasteiger partial charge is 0.389 e. The number of aliphatic hydroxyl groups excluding tert-OH is 1. The molecular weight excluding hydrogens is 200 g/mol. The van der Waals surface area contributed by atoms with Crippen LogP contribution in [0.15, 0.2) is 18.3 Å². The third-order valence-electron chi connectivity index (χ3n) is 3.44. The summed E-state index contributed by atoms with van der Waals surface area (Å²) < 4.78 is 0. The highest BCUT2D eigenvalue weighted by molar-refractivity contribution is 5.40. The molecule has 3 nitrogen and oxygen atoms in total. The lowest BCUT2D eigenvalue weighted by atomic mass is 10.1. The number of rotatable bonds is 3. The third-order valence-corrected chi connectivity index (χ3v) is 3.44. The van der Waals surface area contributed by atoms with Gasteiger partial charge in [0.25, 0.3) is 0 Å². The summed E-state index contributed by atoms with van der Waals surface area (Å²) in [6, 6.07) is 3.98. The molecule has 1 fully saturated rings. The van der Waals surface area contributed by atoms with Gasteiger partial charge in [-0.15, -0.1) is 0 Å². The lowest BCUT2D eigenvalue weighted by molar-refractivity contribution is 0.199. The van der Waals surface area contributed by atoms with Crippen molar-refractivity contribution in [2.45, 2.75) is 32.8 Å². The SMILES string of the molecule is CCC1CCN(c2ccc([C@H](C)O)cn2)C1. The Kier molecular flexibility index (Phi) is 3.44. The molecule has 0 aromatic carbocycles. The highest BCUT2D eigenvalue weighted by atomic mass is 16.3. The summed E-state index contributed by atoms with van der Waals surface area (Å²) in [4.78, 5) is 6.75. The van der Waals surface area contributed by atoms with Crippen LogP contribution in [-0.4, -0.2) is 23.2 Å². The van der Waals surface area contributed by atoms with Gasteiger partial charge in [-0.3, -0.25) is 0 Å². The molecule has 88 valence electrons. The maximum Gasteiger partial charge on any atom is 0.128 e. The van der Waals surface area contributed by atoms with Crippen molar-refractivity contribution in [3.8, 4) is 0 Å². The van der Waals surface area contributed by atoms with Gasteiger partial charge in [0, 0.05) is 19.3 Å². The van der Waals surface area contributed by atoms with Crippen molar-refractivity contribution >= 4 is 5.82 Å². The average molecular weight is 220 g/mol. The Morgan fingerprint density at radius 1 is 1.56 bits per heavy atom. The van der Waals surface area contributed by atoms with Gasteiger partial charge in [0.2, 0.25) is 0 Å². The van der Waals surface area contributed by atoms with E-state index in [2.05, 4.69) is 16.8 Å². The van der Waals surface area contributed by atoms with E-state index < -0.39 is 6.10 Å². The number of nitrogens with zero attached hydrogens (tertiary/aromatic N) is 2. The van der Waals surface area contributed by atoms with E-state index in [1.165, 1.54) is 12.8 Å². The van der Waals surface area contributed by atoms with E-state index >= 15 is 0 Å². The van der Waals surface area contributed by atoms with Crippen molar-refractivity contribution in [1.82, 2.24) is 4.98 Å². The van der Waals surface area contributed by atoms with Crippen LogP contribution in [0, 0.1) is 5.92 Å². The number of aliphatic hydroxyl groups is 1. The first kappa shape index (κ1) is 11.4. The number of hydrogen-bond acceptors (Lipinski definition) is 3. The molecule has 16 heavy (non-hydrogen) atoms. The second kappa shape index (κ2) is 4.83. The molecule has 2 rings (SSSR count). The monoisotopic (exact) mass is 220 g/mol. The molecule has 2 atom stereocenters. The van der Waals surface area contributed by atoms with E-state index in [4.69, 9.17) is 0 Å². The maximum atomic E-state index is 9.41. The Hall–Kier alpha value is -1.09. The van der Waals surface area contributed by atoms with Gasteiger partial charge in [-0.05, 0) is 30.9 Å². The molecule has 2 heterocycles. The van der Waals surface area contributed by atoms with Crippen molar-refractivity contribution < 1.29 is 5.11 Å². The molecule has 3 heteroatoms. The summed E-state index contributed by atoms with van der Waals surface area (Å²) in [6.45, 7) is 6.24. The van der Waals surface area contributed by atoms with Crippen molar-refractivity contribution in [1.29, 1.82) is 0 Å². The van der Waals surface area contributed by atoms with Gasteiger partial charge in [-0.1, -0.05) is 19.4 Å². The average Bonchev–Trinajstić information content (AvgIpc) is 2.77. The molecule has 0 radical (unpaired) electrons. The van der Waals surface area contributed by atoms with E-state index in [1.54, 1.807) is 13.1 Å². The lowest BCUT2D eigenvalue weighted by Gasteiger charge is -2.17. The summed E-state index contributed by atoms with van der Waals surface area (Å²) in [5.74, 6) is 1.86. The zero-order valence-corrected chi connectivity index (χ0v) is 10.1. The van der Waals surface area contributed by atoms with E-state index in [1.807, 2.05) is 12.1 Å². The van der Waals surface area contributed by atoms with Gasteiger partial charge in [0.15, 0.2) is 0 Å². The van der Waals surface area contributed by atoms with E-state index in [-0.39, 0.29) is 0 Å². The summed E-state index contributed by atoms with van der Waals surface area (Å²) in [5.41, 5.74) is 0.884. The van der Waals surface area contributed by atoms with Crippen molar-refractivity contribution in [3.05, 3.63) is 23.9 Å². The standard InChI is InChI=1S/C13H20N2O/c1-3-11-6-7-15(9-11)13-5-4-12(8-14-13)10(2)16/h4-5,8,10-11,16H,3,6-7,9H2,1-2H3/t10-,11?/m0/s1. The van der Waals surface area contributed by atoms with Crippen LogP contribution in [0.4, 0.5) is 5.82 Å². The van der Waals surface area contributed by atoms with Gasteiger partial charge in [0.05, 0.1) is 6.10 Å². The number of pyridine rings is 1. The van der Waals surface area contributed by atoms with Gasteiger partial charge >= 0.3 is 0 Å². The normalized spacial score (nSPS) is 22.4. The predicted molar refractivity (Wildman–Crippen MR) is 65.5 cm³/mol. The molecule has 0 amide bonds. The highest BCUT2D eigenvalue weighted by Crippen LogP contribution is 2.24. The van der Waals surface area contributed by atoms with Crippen LogP contribution < -0.4 is 4.90 Å². The van der Waals surface area contributed by atoms with E-state index in [0.29, 0.717) is 0 Å². The first-order valence-electron chi connectivity index (χ1n) is 6.09. The molecule has 0 bridgehead atoms. The van der Waals surface area contributed by atoms with Crippen LogP contribution in [0.25, 0.3) is 0 Å². The van der Waals surface area contributed by atoms with Crippen LogP contribution in [0.2, 0.25) is 0 Å². The third kappa shape index (κ3) is 2.35. The first-order chi connectivity index (χ1) is 7.70. The summed E-state index contributed by atoms with van der Waals surface area (Å²) in [5, 5.41) is 9.41.